The van der Waals surface area contributed by atoms with E-state index < -0.39 is 150 Å². The van der Waals surface area contributed by atoms with E-state index in [-0.39, 0.29) is 28.6 Å². The third kappa shape index (κ3) is 8.59. The molecular formula is C42H46O22. The lowest BCUT2D eigenvalue weighted by atomic mass is 9.85. The van der Waals surface area contributed by atoms with Crippen LogP contribution in [-0.2, 0) is 23.7 Å². The number of methoxy groups -OCH3 is 1. The van der Waals surface area contributed by atoms with E-state index in [2.05, 4.69) is 0 Å². The normalized spacial score (nSPS) is 31.9. The van der Waals surface area contributed by atoms with Crippen LogP contribution in [0, 0.1) is 0 Å². The highest BCUT2D eigenvalue weighted by molar-refractivity contribution is 5.92. The van der Waals surface area contributed by atoms with Crippen LogP contribution < -0.4 is 14.9 Å². The highest BCUT2D eigenvalue weighted by Gasteiger charge is 2.54. The van der Waals surface area contributed by atoms with E-state index in [1.807, 2.05) is 0 Å². The van der Waals surface area contributed by atoms with E-state index in [9.17, 15) is 76.0 Å². The number of aliphatic hydroxyl groups excluding tert-OH is 9. The number of hydrogen-bond acceptors (Lipinski definition) is 22. The minimum Gasteiger partial charge on any atom is -0.508 e. The molecular weight excluding hydrogens is 856 g/mol. The number of carbonyl (C=O) groups is 1. The predicted molar refractivity (Wildman–Crippen MR) is 213 cm³/mol. The average Bonchev–Trinajstić information content (AvgIpc) is 3.57. The molecule has 3 saturated heterocycles. The Kier molecular flexibility index (Phi) is 13.5. The van der Waals surface area contributed by atoms with Gasteiger partial charge >= 0.3 is 5.97 Å². The maximum atomic E-state index is 14.2. The molecule has 346 valence electrons. The van der Waals surface area contributed by atoms with Crippen LogP contribution in [0.1, 0.15) is 28.9 Å². The second-order valence-corrected chi connectivity index (χ2v) is 15.4. The number of carbonyl (C=O) groups excluding carboxylic acids is 1. The van der Waals surface area contributed by atoms with Gasteiger partial charge in [-0.05, 0) is 48.0 Å². The molecule has 13 N–H and O–H groups in total. The fraction of sp³-hybridized carbons (Fsp3) is 0.429. The summed E-state index contributed by atoms with van der Waals surface area (Å²) in [7, 11) is 1.32. The van der Waals surface area contributed by atoms with Gasteiger partial charge in [-0.25, -0.2) is 4.79 Å². The third-order valence-electron chi connectivity index (χ3n) is 11.3. The zero-order chi connectivity index (χ0) is 46.4. The van der Waals surface area contributed by atoms with Gasteiger partial charge < -0.3 is 99.2 Å². The molecule has 13 atom stereocenters. The van der Waals surface area contributed by atoms with E-state index in [4.69, 9.17) is 32.8 Å². The standard InChI is InChI=1S/C42H46O22/c1-58-22-10-16(2-8-19(22)46)3-9-25(48)59-13-24-30(50)33(53)35(55)39(63-24)28-36-26(20(47)11-21(61-36)17-4-6-18(45)7-5-17)31(51)27(38-34(54)32(52)29(49)23(12-43)62-38)37(28)64-41-40(56)42(57,14-44)15-60-41/h2-11,23-24,29-30,32-35,38-41,43-46,49-57H,12-15H2,1H3. The van der Waals surface area contributed by atoms with Crippen LogP contribution in [-0.4, -0.2) is 173 Å². The molecule has 22 heteroatoms. The summed E-state index contributed by atoms with van der Waals surface area (Å²) in [6.07, 6.45) is -22.0. The molecule has 0 amide bonds. The van der Waals surface area contributed by atoms with Crippen molar-refractivity contribution in [3.63, 3.8) is 0 Å². The molecule has 4 aromatic rings. The Hall–Kier alpha value is -5.44. The van der Waals surface area contributed by atoms with Gasteiger partial charge in [-0.2, -0.15) is 0 Å². The summed E-state index contributed by atoms with van der Waals surface area (Å²) in [5.41, 5.74) is -4.93. The summed E-state index contributed by atoms with van der Waals surface area (Å²) in [6, 6.07) is 10.3. The number of benzene rings is 3. The fourth-order valence-corrected chi connectivity index (χ4v) is 7.67. The van der Waals surface area contributed by atoms with Gasteiger partial charge in [0.1, 0.15) is 108 Å². The van der Waals surface area contributed by atoms with Gasteiger partial charge in [0, 0.05) is 17.7 Å². The summed E-state index contributed by atoms with van der Waals surface area (Å²) < 4.78 is 40.1. The van der Waals surface area contributed by atoms with Crippen molar-refractivity contribution in [1.29, 1.82) is 0 Å². The minimum absolute atomic E-state index is 0.108. The summed E-state index contributed by atoms with van der Waals surface area (Å²) in [5, 5.41) is 140. The third-order valence-corrected chi connectivity index (χ3v) is 11.3. The number of fused-ring (bicyclic) bond motifs is 1. The first-order chi connectivity index (χ1) is 30.4. The van der Waals surface area contributed by atoms with Gasteiger partial charge in [0.15, 0.2) is 22.5 Å². The number of rotatable bonds is 12. The van der Waals surface area contributed by atoms with Crippen molar-refractivity contribution in [3.05, 3.63) is 81.5 Å². The van der Waals surface area contributed by atoms with Crippen molar-refractivity contribution in [1.82, 2.24) is 0 Å². The quantitative estimate of drug-likeness (QED) is 0.0525. The molecule has 0 spiro atoms. The lowest BCUT2D eigenvalue weighted by Gasteiger charge is -2.43. The van der Waals surface area contributed by atoms with Crippen molar-refractivity contribution in [3.8, 4) is 40.1 Å². The lowest BCUT2D eigenvalue weighted by molar-refractivity contribution is -0.235. The monoisotopic (exact) mass is 902 g/mol. The van der Waals surface area contributed by atoms with Crippen LogP contribution in [0.4, 0.5) is 0 Å². The average molecular weight is 903 g/mol. The van der Waals surface area contributed by atoms with Gasteiger partial charge in [-0.1, -0.05) is 6.07 Å². The molecule has 64 heavy (non-hydrogen) atoms. The fourth-order valence-electron chi connectivity index (χ4n) is 7.67. The van der Waals surface area contributed by atoms with Crippen molar-refractivity contribution >= 4 is 23.0 Å². The van der Waals surface area contributed by atoms with E-state index >= 15 is 0 Å². The van der Waals surface area contributed by atoms with Crippen molar-refractivity contribution < 1.29 is 104 Å². The maximum Gasteiger partial charge on any atom is 0.330 e. The van der Waals surface area contributed by atoms with Gasteiger partial charge in [-0.3, -0.25) is 4.79 Å². The van der Waals surface area contributed by atoms with Crippen LogP contribution >= 0.6 is 0 Å². The van der Waals surface area contributed by atoms with Gasteiger partial charge in [0.2, 0.25) is 6.29 Å². The first-order valence-electron chi connectivity index (χ1n) is 19.6. The largest absolute Gasteiger partial charge is 0.508 e. The molecule has 3 aromatic carbocycles. The number of phenolic OH excluding ortho intramolecular Hbond substituents is 3. The molecule has 0 bridgehead atoms. The number of ether oxygens (including phenoxy) is 6. The number of phenols is 3. The zero-order valence-electron chi connectivity index (χ0n) is 33.5. The van der Waals surface area contributed by atoms with E-state index in [0.29, 0.717) is 5.56 Å². The number of aliphatic hydroxyl groups is 10. The van der Waals surface area contributed by atoms with Crippen LogP contribution in [0.5, 0.6) is 28.7 Å². The Labute approximate surface area is 360 Å². The van der Waals surface area contributed by atoms with Gasteiger partial charge in [0.05, 0.1) is 38.1 Å². The Morgan fingerprint density at radius 3 is 2.09 bits per heavy atom. The molecule has 4 heterocycles. The van der Waals surface area contributed by atoms with Crippen LogP contribution in [0.2, 0.25) is 0 Å². The molecule has 3 aliphatic heterocycles. The highest BCUT2D eigenvalue weighted by atomic mass is 16.7. The molecule has 0 saturated carbocycles. The first-order valence-corrected chi connectivity index (χ1v) is 19.6. The Balaban J connectivity index is 1.41. The molecule has 22 nitrogen and oxygen atoms in total. The van der Waals surface area contributed by atoms with Crippen LogP contribution in [0.25, 0.3) is 28.4 Å². The summed E-state index contributed by atoms with van der Waals surface area (Å²) in [4.78, 5) is 27.1. The van der Waals surface area contributed by atoms with E-state index in [1.54, 1.807) is 0 Å². The molecule has 0 aliphatic carbocycles. The highest BCUT2D eigenvalue weighted by Crippen LogP contribution is 2.52. The number of esters is 1. The minimum atomic E-state index is -2.36. The SMILES string of the molecule is COc1cc(C=CC(=O)OCC2OC(c3c(OC4OCC(O)(CO)C4O)c(C4OC(CO)C(O)C(O)C4O)c(O)c4c(=O)cc(-c5ccc(O)cc5)oc34)C(O)C(O)C2O)ccc1O. The van der Waals surface area contributed by atoms with E-state index in [1.165, 1.54) is 55.7 Å². The Morgan fingerprint density at radius 2 is 1.47 bits per heavy atom. The van der Waals surface area contributed by atoms with Crippen molar-refractivity contribution in [2.24, 2.45) is 0 Å². The Bertz CT molecular complexity index is 2420. The maximum absolute atomic E-state index is 14.2. The van der Waals surface area contributed by atoms with Crippen molar-refractivity contribution in [2.75, 3.05) is 33.5 Å². The molecule has 3 fully saturated rings. The molecule has 7 rings (SSSR count). The van der Waals surface area contributed by atoms with Gasteiger partial charge in [-0.15, -0.1) is 0 Å². The zero-order valence-corrected chi connectivity index (χ0v) is 33.5. The lowest BCUT2D eigenvalue weighted by Crippen LogP contribution is -2.56. The van der Waals surface area contributed by atoms with E-state index in [0.717, 1.165) is 12.1 Å². The molecule has 13 unspecified atom stereocenters. The summed E-state index contributed by atoms with van der Waals surface area (Å²) in [6.45, 7) is -3.62. The van der Waals surface area contributed by atoms with Crippen LogP contribution in [0.3, 0.4) is 0 Å². The smallest absolute Gasteiger partial charge is 0.330 e. The Morgan fingerprint density at radius 1 is 0.828 bits per heavy atom. The topological polar surface area (TPSA) is 366 Å². The number of aromatic hydroxyl groups is 3. The first kappa shape index (κ1) is 46.5. The number of hydrogen-bond donors (Lipinski definition) is 13. The molecule has 1 aromatic heterocycles. The molecule has 0 radical (unpaired) electrons. The summed E-state index contributed by atoms with van der Waals surface area (Å²) >= 11 is 0. The van der Waals surface area contributed by atoms with Crippen molar-refractivity contribution in [2.45, 2.75) is 79.0 Å². The molecule has 3 aliphatic rings. The van der Waals surface area contributed by atoms with Gasteiger partial charge in [0.25, 0.3) is 0 Å². The van der Waals surface area contributed by atoms with Crippen LogP contribution in [0.15, 0.2) is 63.8 Å². The second kappa shape index (κ2) is 18.6. The second-order valence-electron chi connectivity index (χ2n) is 15.4. The summed E-state index contributed by atoms with van der Waals surface area (Å²) in [5.74, 6) is -3.41. The predicted octanol–water partition coefficient (Wildman–Crippen LogP) is -2.30.